The molecule has 0 fully saturated rings. The van der Waals surface area contributed by atoms with Crippen LogP contribution in [0.4, 0.5) is 0 Å². The maximum Gasteiger partial charge on any atom is 0.233 e. The average molecular weight is 319 g/mol. The molecule has 2 atom stereocenters. The van der Waals surface area contributed by atoms with Crippen molar-refractivity contribution >= 4 is 17.7 Å². The van der Waals surface area contributed by atoms with E-state index in [9.17, 15) is 4.79 Å². The number of benzene rings is 1. The van der Waals surface area contributed by atoms with Crippen LogP contribution in [0.25, 0.3) is 0 Å². The molecule has 6 nitrogen and oxygen atoms in total. The summed E-state index contributed by atoms with van der Waals surface area (Å²) in [6, 6.07) is 10.3. The smallest absolute Gasteiger partial charge is 0.233 e. The molecule has 0 bridgehead atoms. The summed E-state index contributed by atoms with van der Waals surface area (Å²) in [6.07, 6.45) is 0.985. The fourth-order valence-electron chi connectivity index (χ4n) is 2.12. The summed E-state index contributed by atoms with van der Waals surface area (Å²) in [4.78, 5) is 12.2. The quantitative estimate of drug-likeness (QED) is 0.790. The summed E-state index contributed by atoms with van der Waals surface area (Å²) in [7, 11) is 1.76. The van der Waals surface area contributed by atoms with E-state index in [1.165, 1.54) is 17.3 Å². The standard InChI is InChI=1S/C15H21N5OS/c1-4-12(13-8-6-5-7-9-13)10-16-14(21)11(2)22-15-17-18-19-20(15)3/h5-9,11-12H,4,10H2,1-3H3,(H,16,21)/t11-,12-/m1/s1. The summed E-state index contributed by atoms with van der Waals surface area (Å²) in [5, 5.41) is 14.6. The summed E-state index contributed by atoms with van der Waals surface area (Å²) in [5.74, 6) is 0.334. The van der Waals surface area contributed by atoms with Crippen LogP contribution in [-0.2, 0) is 11.8 Å². The zero-order valence-electron chi connectivity index (χ0n) is 13.1. The van der Waals surface area contributed by atoms with E-state index in [1.807, 2.05) is 25.1 Å². The fraction of sp³-hybridized carbons (Fsp3) is 0.467. The van der Waals surface area contributed by atoms with Crippen molar-refractivity contribution in [3.63, 3.8) is 0 Å². The van der Waals surface area contributed by atoms with Gasteiger partial charge in [0, 0.05) is 19.5 Å². The molecule has 1 heterocycles. The van der Waals surface area contributed by atoms with E-state index in [1.54, 1.807) is 11.7 Å². The number of tetrazole rings is 1. The molecule has 2 rings (SSSR count). The number of aromatic nitrogens is 4. The first-order valence-corrected chi connectivity index (χ1v) is 8.21. The zero-order valence-corrected chi connectivity index (χ0v) is 13.9. The monoisotopic (exact) mass is 319 g/mol. The molecule has 1 aromatic carbocycles. The second kappa shape index (κ2) is 7.93. The van der Waals surface area contributed by atoms with Crippen LogP contribution in [0, 0.1) is 0 Å². The van der Waals surface area contributed by atoms with Gasteiger partial charge in [-0.2, -0.15) is 0 Å². The van der Waals surface area contributed by atoms with Gasteiger partial charge >= 0.3 is 0 Å². The minimum Gasteiger partial charge on any atom is -0.355 e. The van der Waals surface area contributed by atoms with Crippen LogP contribution in [0.1, 0.15) is 31.7 Å². The van der Waals surface area contributed by atoms with E-state index in [0.29, 0.717) is 17.6 Å². The van der Waals surface area contributed by atoms with Crippen molar-refractivity contribution in [2.75, 3.05) is 6.54 Å². The average Bonchev–Trinajstić information content (AvgIpc) is 2.94. The van der Waals surface area contributed by atoms with Gasteiger partial charge < -0.3 is 5.32 Å². The van der Waals surface area contributed by atoms with Crippen LogP contribution in [0.2, 0.25) is 0 Å². The molecule has 0 aliphatic carbocycles. The van der Waals surface area contributed by atoms with Crippen molar-refractivity contribution in [2.24, 2.45) is 7.05 Å². The van der Waals surface area contributed by atoms with Gasteiger partial charge in [0.2, 0.25) is 11.1 Å². The lowest BCUT2D eigenvalue weighted by molar-refractivity contribution is -0.120. The minimum atomic E-state index is -0.238. The number of carbonyl (C=O) groups excluding carboxylic acids is 1. The second-order valence-corrected chi connectivity index (χ2v) is 6.41. The largest absolute Gasteiger partial charge is 0.355 e. The maximum atomic E-state index is 12.2. The van der Waals surface area contributed by atoms with E-state index in [2.05, 4.69) is 39.9 Å². The Balaban J connectivity index is 1.87. The second-order valence-electron chi connectivity index (χ2n) is 5.11. The Bertz CT molecular complexity index is 601. The van der Waals surface area contributed by atoms with Gasteiger partial charge in [-0.25, -0.2) is 4.68 Å². The Morgan fingerprint density at radius 3 is 2.68 bits per heavy atom. The predicted octanol–water partition coefficient (Wildman–Crippen LogP) is 2.00. The maximum absolute atomic E-state index is 12.2. The number of rotatable bonds is 7. The van der Waals surface area contributed by atoms with E-state index in [-0.39, 0.29) is 11.2 Å². The van der Waals surface area contributed by atoms with Gasteiger partial charge in [-0.1, -0.05) is 49.0 Å². The Kier molecular flexibility index (Phi) is 5.94. The lowest BCUT2D eigenvalue weighted by Crippen LogP contribution is -2.34. The molecule has 0 saturated carbocycles. The normalized spacial score (nSPS) is 13.6. The zero-order chi connectivity index (χ0) is 15.9. The molecular formula is C15H21N5OS. The van der Waals surface area contributed by atoms with Crippen molar-refractivity contribution in [1.82, 2.24) is 25.5 Å². The Labute approximate surface area is 134 Å². The molecule has 1 amide bonds. The highest BCUT2D eigenvalue weighted by Crippen LogP contribution is 2.21. The molecule has 0 unspecified atom stereocenters. The first-order valence-electron chi connectivity index (χ1n) is 7.33. The topological polar surface area (TPSA) is 72.7 Å². The van der Waals surface area contributed by atoms with Crippen LogP contribution in [-0.4, -0.2) is 37.9 Å². The van der Waals surface area contributed by atoms with Gasteiger partial charge in [0.25, 0.3) is 0 Å². The molecule has 1 N–H and O–H groups in total. The number of amides is 1. The number of thioether (sulfide) groups is 1. The Morgan fingerprint density at radius 1 is 1.36 bits per heavy atom. The van der Waals surface area contributed by atoms with Gasteiger partial charge in [-0.3, -0.25) is 4.79 Å². The van der Waals surface area contributed by atoms with Crippen LogP contribution >= 0.6 is 11.8 Å². The number of nitrogens with one attached hydrogen (secondary N) is 1. The molecule has 0 radical (unpaired) electrons. The highest BCUT2D eigenvalue weighted by atomic mass is 32.2. The molecule has 2 aromatic rings. The lowest BCUT2D eigenvalue weighted by Gasteiger charge is -2.18. The van der Waals surface area contributed by atoms with Crippen LogP contribution < -0.4 is 5.32 Å². The first kappa shape index (κ1) is 16.5. The van der Waals surface area contributed by atoms with E-state index in [0.717, 1.165) is 6.42 Å². The van der Waals surface area contributed by atoms with Crippen molar-refractivity contribution in [3.8, 4) is 0 Å². The summed E-state index contributed by atoms with van der Waals surface area (Å²) >= 11 is 1.35. The first-order chi connectivity index (χ1) is 10.6. The summed E-state index contributed by atoms with van der Waals surface area (Å²) in [6.45, 7) is 4.63. The molecule has 0 saturated heterocycles. The molecule has 7 heteroatoms. The Morgan fingerprint density at radius 2 is 2.09 bits per heavy atom. The third-order valence-corrected chi connectivity index (χ3v) is 4.64. The number of carbonyl (C=O) groups is 1. The van der Waals surface area contributed by atoms with Gasteiger partial charge in [0.15, 0.2) is 0 Å². The van der Waals surface area contributed by atoms with Crippen molar-refractivity contribution < 1.29 is 4.79 Å². The molecule has 0 spiro atoms. The number of hydrogen-bond donors (Lipinski definition) is 1. The van der Waals surface area contributed by atoms with Crippen LogP contribution in [0.15, 0.2) is 35.5 Å². The third-order valence-electron chi connectivity index (χ3n) is 3.52. The molecule has 0 aliphatic rings. The third kappa shape index (κ3) is 4.30. The fourth-order valence-corrected chi connectivity index (χ4v) is 2.90. The van der Waals surface area contributed by atoms with Gasteiger partial charge in [0.1, 0.15) is 0 Å². The van der Waals surface area contributed by atoms with Crippen LogP contribution in [0.5, 0.6) is 0 Å². The van der Waals surface area contributed by atoms with Crippen molar-refractivity contribution in [1.29, 1.82) is 0 Å². The summed E-state index contributed by atoms with van der Waals surface area (Å²) < 4.78 is 1.56. The number of aryl methyl sites for hydroxylation is 1. The summed E-state index contributed by atoms with van der Waals surface area (Å²) in [5.41, 5.74) is 1.25. The van der Waals surface area contributed by atoms with Gasteiger partial charge in [-0.05, 0) is 29.3 Å². The lowest BCUT2D eigenvalue weighted by atomic mass is 9.96. The van der Waals surface area contributed by atoms with Gasteiger partial charge in [-0.15, -0.1) is 5.10 Å². The van der Waals surface area contributed by atoms with Crippen molar-refractivity contribution in [2.45, 2.75) is 36.6 Å². The number of nitrogens with zero attached hydrogens (tertiary/aromatic N) is 4. The van der Waals surface area contributed by atoms with Gasteiger partial charge in [0.05, 0.1) is 5.25 Å². The molecule has 22 heavy (non-hydrogen) atoms. The molecule has 0 aliphatic heterocycles. The van der Waals surface area contributed by atoms with E-state index in [4.69, 9.17) is 0 Å². The van der Waals surface area contributed by atoms with Crippen molar-refractivity contribution in [3.05, 3.63) is 35.9 Å². The molecular weight excluding hydrogens is 298 g/mol. The SMILES string of the molecule is CC[C@H](CNC(=O)[C@@H](C)Sc1nnnn1C)c1ccccc1. The van der Waals surface area contributed by atoms with E-state index < -0.39 is 0 Å². The van der Waals surface area contributed by atoms with E-state index >= 15 is 0 Å². The highest BCUT2D eigenvalue weighted by Gasteiger charge is 2.18. The predicted molar refractivity (Wildman–Crippen MR) is 86.6 cm³/mol. The van der Waals surface area contributed by atoms with Crippen LogP contribution in [0.3, 0.4) is 0 Å². The highest BCUT2D eigenvalue weighted by molar-refractivity contribution is 8.00. The number of hydrogen-bond acceptors (Lipinski definition) is 5. The molecule has 118 valence electrons. The molecule has 1 aromatic heterocycles. The Hall–Kier alpha value is -1.89. The minimum absolute atomic E-state index is 0.00220.